The molecule has 2 aromatic heterocycles. The maximum Gasteiger partial charge on any atom is 0.318 e. The molecule has 1 N–H and O–H groups in total. The van der Waals surface area contributed by atoms with Gasteiger partial charge in [0.2, 0.25) is 0 Å². The summed E-state index contributed by atoms with van der Waals surface area (Å²) in [5.74, 6) is 0.752. The number of rotatable bonds is 4. The highest BCUT2D eigenvalue weighted by atomic mass is 32.1. The Bertz CT molecular complexity index is 603. The van der Waals surface area contributed by atoms with E-state index in [2.05, 4.69) is 10.3 Å². The molecule has 1 aliphatic heterocycles. The van der Waals surface area contributed by atoms with Crippen LogP contribution in [0.1, 0.15) is 24.3 Å². The van der Waals surface area contributed by atoms with Crippen LogP contribution in [0.15, 0.2) is 42.0 Å². The monoisotopic (exact) mass is 317 g/mol. The summed E-state index contributed by atoms with van der Waals surface area (Å²) < 4.78 is 5.85. The minimum Gasteiger partial charge on any atom is -0.487 e. The Kier molecular flexibility index (Phi) is 4.58. The van der Waals surface area contributed by atoms with Gasteiger partial charge < -0.3 is 15.0 Å². The molecule has 3 heterocycles. The van der Waals surface area contributed by atoms with Gasteiger partial charge in [0.25, 0.3) is 0 Å². The molecule has 0 radical (unpaired) electrons. The van der Waals surface area contributed by atoms with Crippen molar-refractivity contribution >= 4 is 17.4 Å². The van der Waals surface area contributed by atoms with Crippen molar-refractivity contribution in [2.75, 3.05) is 13.1 Å². The zero-order chi connectivity index (χ0) is 15.4. The van der Waals surface area contributed by atoms with Crippen molar-refractivity contribution in [2.45, 2.75) is 25.5 Å². The van der Waals surface area contributed by atoms with E-state index in [-0.39, 0.29) is 18.2 Å². The normalized spacial score (nSPS) is 19.0. The number of carbonyl (C=O) groups is 1. The molecule has 22 heavy (non-hydrogen) atoms. The maximum atomic E-state index is 12.3. The Balaban J connectivity index is 1.50. The fourth-order valence-electron chi connectivity index (χ4n) is 2.50. The molecule has 3 rings (SSSR count). The van der Waals surface area contributed by atoms with Crippen molar-refractivity contribution in [3.8, 4) is 5.75 Å². The van der Waals surface area contributed by atoms with Gasteiger partial charge in [-0.05, 0) is 30.5 Å². The van der Waals surface area contributed by atoms with Gasteiger partial charge in [-0.3, -0.25) is 4.98 Å². The van der Waals surface area contributed by atoms with Gasteiger partial charge in [-0.15, -0.1) is 11.3 Å². The van der Waals surface area contributed by atoms with E-state index in [0.29, 0.717) is 13.1 Å². The van der Waals surface area contributed by atoms with Gasteiger partial charge in [-0.25, -0.2) is 4.79 Å². The third-order valence-electron chi connectivity index (χ3n) is 3.68. The van der Waals surface area contributed by atoms with Crippen molar-refractivity contribution in [1.29, 1.82) is 0 Å². The van der Waals surface area contributed by atoms with Crippen LogP contribution in [0.2, 0.25) is 0 Å². The van der Waals surface area contributed by atoms with E-state index in [1.54, 1.807) is 23.7 Å². The summed E-state index contributed by atoms with van der Waals surface area (Å²) in [7, 11) is 0. The van der Waals surface area contributed by atoms with Crippen LogP contribution in [0.25, 0.3) is 0 Å². The summed E-state index contributed by atoms with van der Waals surface area (Å²) in [4.78, 5) is 19.3. The van der Waals surface area contributed by atoms with E-state index in [1.165, 1.54) is 0 Å². The third kappa shape index (κ3) is 3.57. The molecule has 2 aromatic rings. The summed E-state index contributed by atoms with van der Waals surface area (Å²) in [5, 5.41) is 5.06. The highest BCUT2D eigenvalue weighted by Crippen LogP contribution is 2.20. The van der Waals surface area contributed by atoms with Crippen molar-refractivity contribution < 1.29 is 9.53 Å². The van der Waals surface area contributed by atoms with E-state index in [0.717, 1.165) is 17.0 Å². The van der Waals surface area contributed by atoms with Gasteiger partial charge in [0.15, 0.2) is 0 Å². The van der Waals surface area contributed by atoms with Crippen LogP contribution < -0.4 is 10.1 Å². The molecular formula is C16H19N3O2S. The van der Waals surface area contributed by atoms with Crippen LogP contribution in [0, 0.1) is 0 Å². The number of carbonyl (C=O) groups excluding carboxylic acids is 1. The topological polar surface area (TPSA) is 54.5 Å². The number of ether oxygens (including phenoxy) is 1. The molecule has 0 spiro atoms. The maximum absolute atomic E-state index is 12.3. The van der Waals surface area contributed by atoms with E-state index in [9.17, 15) is 4.79 Å². The molecule has 0 unspecified atom stereocenters. The number of pyridine rings is 1. The number of hydrogen-bond donors (Lipinski definition) is 1. The predicted molar refractivity (Wildman–Crippen MR) is 86.1 cm³/mol. The minimum atomic E-state index is -0.0295. The van der Waals surface area contributed by atoms with Crippen LogP contribution in [-0.2, 0) is 0 Å². The average molecular weight is 317 g/mol. The van der Waals surface area contributed by atoms with Crippen molar-refractivity contribution in [1.82, 2.24) is 15.2 Å². The summed E-state index contributed by atoms with van der Waals surface area (Å²) in [6, 6.07) is 7.76. The third-order valence-corrected chi connectivity index (χ3v) is 4.73. The molecule has 116 valence electrons. The summed E-state index contributed by atoms with van der Waals surface area (Å²) in [5.41, 5.74) is 0. The lowest BCUT2D eigenvalue weighted by molar-refractivity contribution is 0.184. The van der Waals surface area contributed by atoms with Crippen molar-refractivity contribution in [3.05, 3.63) is 46.9 Å². The molecule has 1 aliphatic rings. The number of hydrogen-bond acceptors (Lipinski definition) is 4. The van der Waals surface area contributed by atoms with Crippen LogP contribution in [0.4, 0.5) is 4.79 Å². The van der Waals surface area contributed by atoms with Gasteiger partial charge in [0, 0.05) is 24.0 Å². The minimum absolute atomic E-state index is 0.0295. The molecule has 6 heteroatoms. The lowest BCUT2D eigenvalue weighted by atomic mass is 10.3. The summed E-state index contributed by atoms with van der Waals surface area (Å²) in [6.07, 6.45) is 4.29. The van der Waals surface area contributed by atoms with Crippen LogP contribution >= 0.6 is 11.3 Å². The first-order valence-electron chi connectivity index (χ1n) is 7.38. The van der Waals surface area contributed by atoms with E-state index < -0.39 is 0 Å². The first-order valence-corrected chi connectivity index (χ1v) is 8.26. The fraction of sp³-hybridized carbons (Fsp3) is 0.375. The summed E-state index contributed by atoms with van der Waals surface area (Å²) in [6.45, 7) is 3.33. The first-order chi connectivity index (χ1) is 10.7. The predicted octanol–water partition coefficient (Wildman–Crippen LogP) is 3.07. The molecule has 0 aromatic carbocycles. The number of nitrogens with zero attached hydrogens (tertiary/aromatic N) is 2. The Morgan fingerprint density at radius 2 is 2.41 bits per heavy atom. The van der Waals surface area contributed by atoms with Crippen LogP contribution in [-0.4, -0.2) is 35.1 Å². The molecule has 0 saturated carbocycles. The molecular weight excluding hydrogens is 298 g/mol. The second-order valence-corrected chi connectivity index (χ2v) is 6.33. The quantitative estimate of drug-likeness (QED) is 0.943. The molecule has 0 bridgehead atoms. The first kappa shape index (κ1) is 14.8. The zero-order valence-electron chi connectivity index (χ0n) is 12.4. The fourth-order valence-corrected chi connectivity index (χ4v) is 3.24. The SMILES string of the molecule is C[C@@H](NC(=O)N1CC[C@@H](Oc2cccnc2)C1)c1cccs1. The average Bonchev–Trinajstić information content (AvgIpc) is 3.19. The van der Waals surface area contributed by atoms with E-state index >= 15 is 0 Å². The molecule has 2 atom stereocenters. The molecule has 5 nitrogen and oxygen atoms in total. The summed E-state index contributed by atoms with van der Waals surface area (Å²) >= 11 is 1.65. The Morgan fingerprint density at radius 3 is 3.14 bits per heavy atom. The standard InChI is InChI=1S/C16H19N3O2S/c1-12(15-5-3-9-22-15)18-16(20)19-8-6-14(11-19)21-13-4-2-7-17-10-13/h2-5,7,9-10,12,14H,6,8,11H2,1H3,(H,18,20)/t12-,14-/m1/s1. The lowest BCUT2D eigenvalue weighted by Gasteiger charge is -2.20. The largest absolute Gasteiger partial charge is 0.487 e. The molecule has 1 saturated heterocycles. The number of urea groups is 1. The van der Waals surface area contributed by atoms with Crippen LogP contribution in [0.3, 0.4) is 0 Å². The molecule has 2 amide bonds. The van der Waals surface area contributed by atoms with Crippen LogP contribution in [0.5, 0.6) is 5.75 Å². The van der Waals surface area contributed by atoms with Gasteiger partial charge in [-0.1, -0.05) is 6.07 Å². The van der Waals surface area contributed by atoms with Gasteiger partial charge in [0.05, 0.1) is 18.8 Å². The van der Waals surface area contributed by atoms with Gasteiger partial charge in [-0.2, -0.15) is 0 Å². The highest BCUT2D eigenvalue weighted by Gasteiger charge is 2.28. The van der Waals surface area contributed by atoms with Gasteiger partial charge in [0.1, 0.15) is 11.9 Å². The Morgan fingerprint density at radius 1 is 1.50 bits per heavy atom. The van der Waals surface area contributed by atoms with E-state index in [4.69, 9.17) is 4.74 Å². The number of nitrogens with one attached hydrogen (secondary N) is 1. The number of thiophene rings is 1. The lowest BCUT2D eigenvalue weighted by Crippen LogP contribution is -2.40. The smallest absolute Gasteiger partial charge is 0.318 e. The number of aromatic nitrogens is 1. The van der Waals surface area contributed by atoms with Gasteiger partial charge >= 0.3 is 6.03 Å². The number of likely N-dealkylation sites (tertiary alicyclic amines) is 1. The van der Waals surface area contributed by atoms with Crippen molar-refractivity contribution in [3.63, 3.8) is 0 Å². The second kappa shape index (κ2) is 6.79. The highest BCUT2D eigenvalue weighted by molar-refractivity contribution is 7.10. The Labute approximate surface area is 133 Å². The number of amides is 2. The molecule has 0 aliphatic carbocycles. The molecule has 1 fully saturated rings. The Hall–Kier alpha value is -2.08. The zero-order valence-corrected chi connectivity index (χ0v) is 13.3. The second-order valence-electron chi connectivity index (χ2n) is 5.35. The van der Waals surface area contributed by atoms with Crippen molar-refractivity contribution in [2.24, 2.45) is 0 Å². The van der Waals surface area contributed by atoms with E-state index in [1.807, 2.05) is 41.5 Å².